The van der Waals surface area contributed by atoms with Crippen LogP contribution >= 0.6 is 11.6 Å². The van der Waals surface area contributed by atoms with Crippen molar-refractivity contribution in [3.63, 3.8) is 0 Å². The van der Waals surface area contributed by atoms with Crippen LogP contribution in [0.4, 0.5) is 16.2 Å². The molecule has 0 radical (unpaired) electrons. The van der Waals surface area contributed by atoms with Crippen LogP contribution in [0.15, 0.2) is 78.9 Å². The van der Waals surface area contributed by atoms with Crippen LogP contribution in [0.3, 0.4) is 0 Å². The van der Waals surface area contributed by atoms with Crippen molar-refractivity contribution in [1.29, 1.82) is 0 Å². The van der Waals surface area contributed by atoms with E-state index in [2.05, 4.69) is 0 Å². The third-order valence-corrected chi connectivity index (χ3v) is 6.74. The SMILES string of the molecule is Cc1cccc(C2(O)N(c3ccc(Cl)cc3)C(=O)N(c3ccccc3)C23CCC3)c1. The second-order valence-corrected chi connectivity index (χ2v) is 8.63. The predicted molar refractivity (Wildman–Crippen MR) is 120 cm³/mol. The van der Waals surface area contributed by atoms with Crippen LogP contribution < -0.4 is 9.80 Å². The molecule has 5 rings (SSSR count). The van der Waals surface area contributed by atoms with Crippen LogP contribution in [0.1, 0.15) is 30.4 Å². The normalized spacial score (nSPS) is 22.4. The maximum atomic E-state index is 13.9. The lowest BCUT2D eigenvalue weighted by Crippen LogP contribution is -2.63. The van der Waals surface area contributed by atoms with E-state index in [-0.39, 0.29) is 6.03 Å². The van der Waals surface area contributed by atoms with Crippen LogP contribution in [0.25, 0.3) is 0 Å². The molecule has 1 N–H and O–H groups in total. The molecule has 4 nitrogen and oxygen atoms in total. The molecular weight excluding hydrogens is 396 g/mol. The summed E-state index contributed by atoms with van der Waals surface area (Å²) in [5.74, 6) is 0. The number of nitrogens with zero attached hydrogens (tertiary/aromatic N) is 2. The lowest BCUT2D eigenvalue weighted by Gasteiger charge is -2.52. The summed E-state index contributed by atoms with van der Waals surface area (Å²) in [6.45, 7) is 2.00. The summed E-state index contributed by atoms with van der Waals surface area (Å²) in [5.41, 5.74) is 0.945. The van der Waals surface area contributed by atoms with Gasteiger partial charge in [-0.25, -0.2) is 4.79 Å². The molecule has 1 saturated carbocycles. The summed E-state index contributed by atoms with van der Waals surface area (Å²) in [5, 5.41) is 13.1. The van der Waals surface area contributed by atoms with Crippen LogP contribution in [-0.4, -0.2) is 16.7 Å². The molecule has 1 heterocycles. The number of anilines is 2. The third kappa shape index (κ3) is 2.54. The highest BCUT2D eigenvalue weighted by molar-refractivity contribution is 6.30. The van der Waals surface area contributed by atoms with Crippen LogP contribution in [0.5, 0.6) is 0 Å². The largest absolute Gasteiger partial charge is 0.364 e. The molecule has 3 aromatic rings. The van der Waals surface area contributed by atoms with Gasteiger partial charge in [0, 0.05) is 22.0 Å². The Labute approximate surface area is 181 Å². The van der Waals surface area contributed by atoms with E-state index < -0.39 is 11.3 Å². The van der Waals surface area contributed by atoms with Crippen molar-refractivity contribution in [1.82, 2.24) is 0 Å². The number of aryl methyl sites for hydroxylation is 1. The number of benzene rings is 3. The lowest BCUT2D eigenvalue weighted by molar-refractivity contribution is -0.0525. The summed E-state index contributed by atoms with van der Waals surface area (Å²) in [6.07, 6.45) is 2.41. The number of rotatable bonds is 3. The van der Waals surface area contributed by atoms with Crippen molar-refractivity contribution in [3.8, 4) is 0 Å². The van der Waals surface area contributed by atoms with Crippen molar-refractivity contribution < 1.29 is 9.90 Å². The first kappa shape index (κ1) is 19.2. The second kappa shape index (κ2) is 6.86. The monoisotopic (exact) mass is 418 g/mol. The van der Waals surface area contributed by atoms with E-state index in [1.165, 1.54) is 0 Å². The zero-order chi connectivity index (χ0) is 20.9. The minimum atomic E-state index is -1.50. The van der Waals surface area contributed by atoms with Crippen molar-refractivity contribution in [3.05, 3.63) is 95.0 Å². The number of hydrogen-bond donors (Lipinski definition) is 1. The number of halogens is 1. The van der Waals surface area contributed by atoms with E-state index in [4.69, 9.17) is 11.6 Å². The Morgan fingerprint density at radius 2 is 1.53 bits per heavy atom. The fourth-order valence-corrected chi connectivity index (χ4v) is 5.08. The Balaban J connectivity index is 1.77. The van der Waals surface area contributed by atoms with Gasteiger partial charge < -0.3 is 5.11 Å². The smallest absolute Gasteiger partial charge is 0.332 e. The van der Waals surface area contributed by atoms with Crippen molar-refractivity contribution in [2.45, 2.75) is 37.5 Å². The molecule has 2 aliphatic rings. The Morgan fingerprint density at radius 3 is 2.13 bits per heavy atom. The van der Waals surface area contributed by atoms with Gasteiger partial charge in [-0.15, -0.1) is 0 Å². The number of urea groups is 1. The predicted octanol–water partition coefficient (Wildman–Crippen LogP) is 5.86. The first-order chi connectivity index (χ1) is 14.5. The molecular formula is C25H23ClN2O2. The zero-order valence-electron chi connectivity index (χ0n) is 16.8. The molecule has 152 valence electrons. The zero-order valence-corrected chi connectivity index (χ0v) is 17.5. The van der Waals surface area contributed by atoms with Gasteiger partial charge in [0.15, 0.2) is 5.72 Å². The summed E-state index contributed by atoms with van der Waals surface area (Å²) in [6, 6.07) is 24.3. The van der Waals surface area contributed by atoms with Crippen LogP contribution in [0.2, 0.25) is 5.02 Å². The van der Waals surface area contributed by atoms with Gasteiger partial charge >= 0.3 is 6.03 Å². The third-order valence-electron chi connectivity index (χ3n) is 6.48. The first-order valence-corrected chi connectivity index (χ1v) is 10.6. The molecule has 30 heavy (non-hydrogen) atoms. The standard InChI is InChI=1S/C25H23ClN2O2/c1-18-7-5-8-19(17-18)25(30)24(15-6-16-24)27(21-9-3-2-4-10-21)23(29)28(25)22-13-11-20(26)12-14-22/h2-5,7-14,17,30H,6,15-16H2,1H3. The lowest BCUT2D eigenvalue weighted by atomic mass is 9.66. The summed E-state index contributed by atoms with van der Waals surface area (Å²) >= 11 is 6.11. The Morgan fingerprint density at radius 1 is 0.867 bits per heavy atom. The highest BCUT2D eigenvalue weighted by Gasteiger charge is 2.70. The number of hydrogen-bond acceptors (Lipinski definition) is 2. The van der Waals surface area contributed by atoms with E-state index in [9.17, 15) is 9.90 Å². The maximum Gasteiger partial charge on any atom is 0.332 e. The highest BCUT2D eigenvalue weighted by Crippen LogP contribution is 2.59. The van der Waals surface area contributed by atoms with Crippen LogP contribution in [0, 0.1) is 6.92 Å². The Hall–Kier alpha value is -2.82. The van der Waals surface area contributed by atoms with Gasteiger partial charge in [0.2, 0.25) is 0 Å². The van der Waals surface area contributed by atoms with E-state index >= 15 is 0 Å². The average Bonchev–Trinajstić information content (AvgIpc) is 2.94. The molecule has 0 bridgehead atoms. The highest BCUT2D eigenvalue weighted by atomic mass is 35.5. The molecule has 1 atom stereocenters. The molecule has 1 aliphatic carbocycles. The molecule has 1 saturated heterocycles. The summed E-state index contributed by atoms with van der Waals surface area (Å²) < 4.78 is 0. The van der Waals surface area contributed by atoms with Gasteiger partial charge in [-0.05, 0) is 62.6 Å². The molecule has 1 spiro atoms. The minimum Gasteiger partial charge on any atom is -0.364 e. The second-order valence-electron chi connectivity index (χ2n) is 8.19. The van der Waals surface area contributed by atoms with Gasteiger partial charge in [-0.1, -0.05) is 59.6 Å². The molecule has 5 heteroatoms. The number of para-hydroxylation sites is 1. The van der Waals surface area contributed by atoms with Gasteiger partial charge in [-0.3, -0.25) is 9.80 Å². The molecule has 2 fully saturated rings. The Bertz CT molecular complexity index is 1100. The minimum absolute atomic E-state index is 0.229. The topological polar surface area (TPSA) is 43.8 Å². The quantitative estimate of drug-likeness (QED) is 0.578. The number of carbonyl (C=O) groups excluding carboxylic acids is 1. The fraction of sp³-hybridized carbons (Fsp3) is 0.240. The Kier molecular flexibility index (Phi) is 4.38. The molecule has 3 aromatic carbocycles. The van der Waals surface area contributed by atoms with E-state index in [1.54, 1.807) is 34.1 Å². The van der Waals surface area contributed by atoms with Gasteiger partial charge in [-0.2, -0.15) is 0 Å². The van der Waals surface area contributed by atoms with Crippen LogP contribution in [-0.2, 0) is 5.72 Å². The van der Waals surface area contributed by atoms with Gasteiger partial charge in [0.25, 0.3) is 0 Å². The van der Waals surface area contributed by atoms with E-state index in [1.807, 2.05) is 61.5 Å². The first-order valence-electron chi connectivity index (χ1n) is 10.2. The van der Waals surface area contributed by atoms with Crippen molar-refractivity contribution >= 4 is 29.0 Å². The number of amides is 2. The number of aliphatic hydroxyl groups is 1. The van der Waals surface area contributed by atoms with Crippen molar-refractivity contribution in [2.75, 3.05) is 9.80 Å². The molecule has 1 unspecified atom stereocenters. The van der Waals surface area contributed by atoms with E-state index in [0.717, 1.165) is 36.1 Å². The average molecular weight is 419 g/mol. The fourth-order valence-electron chi connectivity index (χ4n) is 4.95. The van der Waals surface area contributed by atoms with Crippen molar-refractivity contribution in [2.24, 2.45) is 0 Å². The van der Waals surface area contributed by atoms with Gasteiger partial charge in [0.1, 0.15) is 5.54 Å². The maximum absolute atomic E-state index is 13.9. The summed E-state index contributed by atoms with van der Waals surface area (Å²) in [7, 11) is 0. The van der Waals surface area contributed by atoms with Gasteiger partial charge in [0.05, 0.1) is 0 Å². The summed E-state index contributed by atoms with van der Waals surface area (Å²) in [4.78, 5) is 17.3. The van der Waals surface area contributed by atoms with E-state index in [0.29, 0.717) is 10.7 Å². The number of carbonyl (C=O) groups is 1. The molecule has 2 amide bonds. The molecule has 1 aliphatic heterocycles. The molecule has 0 aromatic heterocycles.